The zero-order valence-corrected chi connectivity index (χ0v) is 11.2. The summed E-state index contributed by atoms with van der Waals surface area (Å²) in [6.07, 6.45) is 2.76. The lowest BCUT2D eigenvalue weighted by Crippen LogP contribution is -2.07. The van der Waals surface area contributed by atoms with Crippen LogP contribution in [-0.4, -0.2) is 38.3 Å². The number of nitrogens with zero attached hydrogens (tertiary/aromatic N) is 4. The molecule has 96 valence electrons. The molecule has 0 amide bonds. The van der Waals surface area contributed by atoms with Gasteiger partial charge in [0, 0.05) is 6.54 Å². The molecule has 2 aromatic rings. The lowest BCUT2D eigenvalue weighted by Gasteiger charge is -2.10. The number of nitrogens with one attached hydrogen (secondary N) is 1. The predicted molar refractivity (Wildman–Crippen MR) is 75.3 cm³/mol. The lowest BCUT2D eigenvalue weighted by molar-refractivity contribution is 0.789. The molecular formula is C12H17N5S. The molecule has 0 radical (unpaired) electrons. The number of anilines is 1. The number of hydrogen-bond donors (Lipinski definition) is 1. The Bertz CT molecular complexity index is 457. The van der Waals surface area contributed by atoms with Crippen molar-refractivity contribution in [3.63, 3.8) is 0 Å². The van der Waals surface area contributed by atoms with Crippen molar-refractivity contribution in [2.45, 2.75) is 13.3 Å². The van der Waals surface area contributed by atoms with E-state index < -0.39 is 0 Å². The quantitative estimate of drug-likeness (QED) is 0.776. The highest BCUT2D eigenvalue weighted by atomic mass is 32.2. The maximum Gasteiger partial charge on any atom is 0.143 e. The van der Waals surface area contributed by atoms with Gasteiger partial charge in [0.05, 0.1) is 11.4 Å². The summed E-state index contributed by atoms with van der Waals surface area (Å²) in [7, 11) is 0. The Morgan fingerprint density at radius 1 is 1.33 bits per heavy atom. The van der Waals surface area contributed by atoms with Gasteiger partial charge in [-0.25, -0.2) is 0 Å². The van der Waals surface area contributed by atoms with Gasteiger partial charge in [-0.3, -0.25) is 0 Å². The zero-order chi connectivity index (χ0) is 12.6. The van der Waals surface area contributed by atoms with E-state index in [9.17, 15) is 0 Å². The van der Waals surface area contributed by atoms with Crippen LogP contribution in [0.4, 0.5) is 5.69 Å². The van der Waals surface area contributed by atoms with Crippen LogP contribution in [0.2, 0.25) is 0 Å². The van der Waals surface area contributed by atoms with E-state index in [0.717, 1.165) is 24.3 Å². The molecule has 6 heteroatoms. The molecule has 1 aromatic carbocycles. The predicted octanol–water partition coefficient (Wildman–Crippen LogP) is 2.22. The molecule has 18 heavy (non-hydrogen) atoms. The highest BCUT2D eigenvalue weighted by molar-refractivity contribution is 7.99. The Morgan fingerprint density at radius 2 is 2.22 bits per heavy atom. The van der Waals surface area contributed by atoms with E-state index in [4.69, 9.17) is 0 Å². The fraction of sp³-hybridized carbons (Fsp3) is 0.417. The number of rotatable bonds is 7. The molecule has 1 heterocycles. The van der Waals surface area contributed by atoms with Crippen LogP contribution in [0, 0.1) is 0 Å². The van der Waals surface area contributed by atoms with Crippen LogP contribution in [0.25, 0.3) is 5.69 Å². The second-order valence-electron chi connectivity index (χ2n) is 3.75. The highest BCUT2D eigenvalue weighted by Gasteiger charge is 2.04. The van der Waals surface area contributed by atoms with Crippen molar-refractivity contribution in [1.82, 2.24) is 20.2 Å². The number of thioether (sulfide) groups is 1. The van der Waals surface area contributed by atoms with Gasteiger partial charge in [-0.2, -0.15) is 16.4 Å². The van der Waals surface area contributed by atoms with Gasteiger partial charge in [-0.05, 0) is 40.5 Å². The van der Waals surface area contributed by atoms with E-state index in [0.29, 0.717) is 0 Å². The van der Waals surface area contributed by atoms with Gasteiger partial charge in [-0.1, -0.05) is 19.1 Å². The van der Waals surface area contributed by atoms with Gasteiger partial charge in [-0.15, -0.1) is 5.10 Å². The Labute approximate surface area is 111 Å². The standard InChI is InChI=1S/C12H17N5S/c1-2-18-9-5-8-13-11-6-3-4-7-12(11)17-10-14-15-16-17/h3-4,6-7,10,13H,2,5,8-9H2,1H3. The fourth-order valence-corrected chi connectivity index (χ4v) is 2.27. The molecule has 2 rings (SSSR count). The molecule has 0 fully saturated rings. The Balaban J connectivity index is 1.96. The first-order valence-electron chi connectivity index (χ1n) is 6.06. The van der Waals surface area contributed by atoms with Crippen molar-refractivity contribution in [3.05, 3.63) is 30.6 Å². The summed E-state index contributed by atoms with van der Waals surface area (Å²) in [5.41, 5.74) is 2.04. The maximum absolute atomic E-state index is 3.92. The van der Waals surface area contributed by atoms with Crippen LogP contribution in [0.15, 0.2) is 30.6 Å². The third-order valence-corrected chi connectivity index (χ3v) is 3.47. The number of benzene rings is 1. The van der Waals surface area contributed by atoms with E-state index >= 15 is 0 Å². The summed E-state index contributed by atoms with van der Waals surface area (Å²) >= 11 is 1.97. The minimum Gasteiger partial charge on any atom is -0.383 e. The third-order valence-electron chi connectivity index (χ3n) is 2.48. The van der Waals surface area contributed by atoms with Crippen molar-refractivity contribution in [2.24, 2.45) is 0 Å². The number of tetrazole rings is 1. The Hall–Kier alpha value is -1.56. The van der Waals surface area contributed by atoms with Crippen LogP contribution in [0.3, 0.4) is 0 Å². The molecule has 1 aromatic heterocycles. The van der Waals surface area contributed by atoms with Gasteiger partial charge < -0.3 is 5.32 Å². The molecule has 0 atom stereocenters. The molecule has 0 unspecified atom stereocenters. The van der Waals surface area contributed by atoms with E-state index in [-0.39, 0.29) is 0 Å². The average molecular weight is 263 g/mol. The lowest BCUT2D eigenvalue weighted by atomic mass is 10.2. The van der Waals surface area contributed by atoms with Crippen molar-refractivity contribution >= 4 is 17.4 Å². The topological polar surface area (TPSA) is 55.6 Å². The van der Waals surface area contributed by atoms with E-state index in [2.05, 4.69) is 27.8 Å². The third kappa shape index (κ3) is 3.46. The van der Waals surface area contributed by atoms with Crippen LogP contribution < -0.4 is 5.32 Å². The first-order valence-corrected chi connectivity index (χ1v) is 7.21. The van der Waals surface area contributed by atoms with Crippen molar-refractivity contribution in [2.75, 3.05) is 23.4 Å². The zero-order valence-electron chi connectivity index (χ0n) is 10.4. The summed E-state index contributed by atoms with van der Waals surface area (Å²) in [6, 6.07) is 8.04. The molecule has 5 nitrogen and oxygen atoms in total. The SMILES string of the molecule is CCSCCCNc1ccccc1-n1cnnn1. The largest absolute Gasteiger partial charge is 0.383 e. The average Bonchev–Trinajstić information content (AvgIpc) is 2.93. The normalized spacial score (nSPS) is 10.5. The minimum absolute atomic E-state index is 0.964. The van der Waals surface area contributed by atoms with Gasteiger partial charge in [0.2, 0.25) is 0 Å². The van der Waals surface area contributed by atoms with Crippen LogP contribution in [0.1, 0.15) is 13.3 Å². The molecule has 0 saturated carbocycles. The van der Waals surface area contributed by atoms with Crippen LogP contribution >= 0.6 is 11.8 Å². The Kier molecular flexibility index (Phi) is 5.01. The number of para-hydroxylation sites is 2. The first-order chi connectivity index (χ1) is 8.92. The summed E-state index contributed by atoms with van der Waals surface area (Å²) in [4.78, 5) is 0. The summed E-state index contributed by atoms with van der Waals surface area (Å²) < 4.78 is 1.67. The number of hydrogen-bond acceptors (Lipinski definition) is 5. The number of aromatic nitrogens is 4. The Morgan fingerprint density at radius 3 is 3.00 bits per heavy atom. The smallest absolute Gasteiger partial charge is 0.143 e. The minimum atomic E-state index is 0.964. The van der Waals surface area contributed by atoms with Crippen LogP contribution in [0.5, 0.6) is 0 Å². The van der Waals surface area contributed by atoms with Crippen LogP contribution in [-0.2, 0) is 0 Å². The second kappa shape index (κ2) is 7.00. The summed E-state index contributed by atoms with van der Waals surface area (Å²) in [5.74, 6) is 2.37. The van der Waals surface area contributed by atoms with Gasteiger partial charge in [0.25, 0.3) is 0 Å². The van der Waals surface area contributed by atoms with Crippen molar-refractivity contribution < 1.29 is 0 Å². The molecule has 1 N–H and O–H groups in total. The monoisotopic (exact) mass is 263 g/mol. The summed E-state index contributed by atoms with van der Waals surface area (Å²) in [6.45, 7) is 3.15. The molecule has 0 spiro atoms. The molecular weight excluding hydrogens is 246 g/mol. The van der Waals surface area contributed by atoms with E-state index in [1.807, 2.05) is 36.0 Å². The molecule has 0 aliphatic heterocycles. The van der Waals surface area contributed by atoms with E-state index in [1.165, 1.54) is 11.5 Å². The molecule has 0 aliphatic carbocycles. The van der Waals surface area contributed by atoms with Gasteiger partial charge in [0.1, 0.15) is 6.33 Å². The highest BCUT2D eigenvalue weighted by Crippen LogP contribution is 2.18. The van der Waals surface area contributed by atoms with Gasteiger partial charge >= 0.3 is 0 Å². The van der Waals surface area contributed by atoms with E-state index in [1.54, 1.807) is 11.0 Å². The molecule has 0 bridgehead atoms. The van der Waals surface area contributed by atoms with Gasteiger partial charge in [0.15, 0.2) is 0 Å². The van der Waals surface area contributed by atoms with Crippen molar-refractivity contribution in [1.29, 1.82) is 0 Å². The molecule has 0 aliphatic rings. The summed E-state index contributed by atoms with van der Waals surface area (Å²) in [5, 5.41) is 14.7. The maximum atomic E-state index is 3.92. The second-order valence-corrected chi connectivity index (χ2v) is 5.14. The van der Waals surface area contributed by atoms with Crippen molar-refractivity contribution in [3.8, 4) is 5.69 Å². The molecule has 0 saturated heterocycles. The fourth-order valence-electron chi connectivity index (χ4n) is 1.64. The first kappa shape index (κ1) is 12.9.